The highest BCUT2D eigenvalue weighted by molar-refractivity contribution is 5.86. The van der Waals surface area contributed by atoms with E-state index in [-0.39, 0.29) is 6.09 Å². The van der Waals surface area contributed by atoms with Crippen LogP contribution in [0.2, 0.25) is 0 Å². The average molecular weight is 262 g/mol. The summed E-state index contributed by atoms with van der Waals surface area (Å²) in [5.41, 5.74) is 0.738. The second kappa shape index (κ2) is 4.38. The first kappa shape index (κ1) is 11.7. The van der Waals surface area contributed by atoms with Crippen molar-refractivity contribution in [2.24, 2.45) is 7.05 Å². The molecule has 1 aliphatic heterocycles. The first-order chi connectivity index (χ1) is 9.19. The van der Waals surface area contributed by atoms with Crippen LogP contribution < -0.4 is 5.32 Å². The molecule has 100 valence electrons. The Morgan fingerprint density at radius 2 is 2.32 bits per heavy atom. The molecule has 2 aromatic rings. The SMILES string of the molecule is CNc1nc(CN2CCOC2=O)nc2c1cnn2C. The summed E-state index contributed by atoms with van der Waals surface area (Å²) in [6.45, 7) is 1.33. The van der Waals surface area contributed by atoms with Gasteiger partial charge in [0.15, 0.2) is 11.5 Å². The molecule has 1 saturated heterocycles. The minimum atomic E-state index is -0.320. The van der Waals surface area contributed by atoms with Crippen LogP contribution in [0.5, 0.6) is 0 Å². The maximum absolute atomic E-state index is 11.4. The van der Waals surface area contributed by atoms with Crippen LogP contribution in [0, 0.1) is 0 Å². The van der Waals surface area contributed by atoms with E-state index in [4.69, 9.17) is 4.74 Å². The highest BCUT2D eigenvalue weighted by Crippen LogP contribution is 2.20. The molecule has 0 aromatic carbocycles. The highest BCUT2D eigenvalue weighted by atomic mass is 16.6. The number of carbonyl (C=O) groups is 1. The Morgan fingerprint density at radius 1 is 1.47 bits per heavy atom. The van der Waals surface area contributed by atoms with Gasteiger partial charge >= 0.3 is 6.09 Å². The van der Waals surface area contributed by atoms with Crippen molar-refractivity contribution in [1.29, 1.82) is 0 Å². The Bertz CT molecular complexity index is 637. The molecule has 1 aliphatic rings. The Hall–Kier alpha value is -2.38. The Labute approximate surface area is 109 Å². The molecular weight excluding hydrogens is 248 g/mol. The predicted molar refractivity (Wildman–Crippen MR) is 67.6 cm³/mol. The summed E-state index contributed by atoms with van der Waals surface area (Å²) in [4.78, 5) is 21.9. The minimum absolute atomic E-state index is 0.320. The monoisotopic (exact) mass is 262 g/mol. The number of rotatable bonds is 3. The van der Waals surface area contributed by atoms with Crippen LogP contribution in [-0.4, -0.2) is 50.9 Å². The van der Waals surface area contributed by atoms with Gasteiger partial charge in [-0.3, -0.25) is 9.58 Å². The van der Waals surface area contributed by atoms with E-state index in [9.17, 15) is 4.79 Å². The lowest BCUT2D eigenvalue weighted by Crippen LogP contribution is -2.25. The lowest BCUT2D eigenvalue weighted by molar-refractivity contribution is 0.156. The van der Waals surface area contributed by atoms with Crippen molar-refractivity contribution in [2.45, 2.75) is 6.54 Å². The van der Waals surface area contributed by atoms with E-state index < -0.39 is 0 Å². The standard InChI is InChI=1S/C11H14N6O2/c1-12-9-7-5-13-16(2)10(7)15-8(14-9)6-17-3-4-19-11(17)18/h5H,3-4,6H2,1-2H3,(H,12,14,15). The van der Waals surface area contributed by atoms with Gasteiger partial charge in [-0.15, -0.1) is 0 Å². The van der Waals surface area contributed by atoms with Gasteiger partial charge in [0.05, 0.1) is 24.7 Å². The summed E-state index contributed by atoms with van der Waals surface area (Å²) in [5.74, 6) is 1.28. The van der Waals surface area contributed by atoms with E-state index in [2.05, 4.69) is 20.4 Å². The molecule has 0 saturated carbocycles. The van der Waals surface area contributed by atoms with Gasteiger partial charge in [-0.1, -0.05) is 0 Å². The number of cyclic esters (lactones) is 1. The summed E-state index contributed by atoms with van der Waals surface area (Å²) >= 11 is 0. The summed E-state index contributed by atoms with van der Waals surface area (Å²) < 4.78 is 6.57. The van der Waals surface area contributed by atoms with Crippen LogP contribution in [0.15, 0.2) is 6.20 Å². The van der Waals surface area contributed by atoms with Gasteiger partial charge in [0.2, 0.25) is 0 Å². The van der Waals surface area contributed by atoms with Crippen LogP contribution >= 0.6 is 0 Å². The molecular formula is C11H14N6O2. The van der Waals surface area contributed by atoms with E-state index in [0.717, 1.165) is 11.0 Å². The Balaban J connectivity index is 1.99. The first-order valence-electron chi connectivity index (χ1n) is 5.97. The summed E-state index contributed by atoms with van der Waals surface area (Å²) in [6.07, 6.45) is 1.40. The molecule has 19 heavy (non-hydrogen) atoms. The number of amides is 1. The summed E-state index contributed by atoms with van der Waals surface area (Å²) in [5, 5.41) is 8.04. The molecule has 0 atom stereocenters. The largest absolute Gasteiger partial charge is 0.448 e. The molecule has 3 rings (SSSR count). The number of aryl methyl sites for hydroxylation is 1. The normalized spacial score (nSPS) is 15.1. The number of fused-ring (bicyclic) bond motifs is 1. The van der Waals surface area contributed by atoms with E-state index in [1.165, 1.54) is 0 Å². The third-order valence-electron chi connectivity index (χ3n) is 3.05. The first-order valence-corrected chi connectivity index (χ1v) is 5.97. The van der Waals surface area contributed by atoms with E-state index >= 15 is 0 Å². The Kier molecular flexibility index (Phi) is 2.69. The lowest BCUT2D eigenvalue weighted by atomic mass is 10.3. The fourth-order valence-corrected chi connectivity index (χ4v) is 2.07. The molecule has 0 spiro atoms. The lowest BCUT2D eigenvalue weighted by Gasteiger charge is -2.12. The Morgan fingerprint density at radius 3 is 3.00 bits per heavy atom. The molecule has 1 fully saturated rings. The second-order valence-electron chi connectivity index (χ2n) is 4.28. The van der Waals surface area contributed by atoms with E-state index in [0.29, 0.717) is 31.3 Å². The molecule has 2 aromatic heterocycles. The zero-order valence-electron chi connectivity index (χ0n) is 10.8. The number of nitrogens with one attached hydrogen (secondary N) is 1. The number of ether oxygens (including phenoxy) is 1. The molecule has 1 N–H and O–H groups in total. The van der Waals surface area contributed by atoms with Crippen LogP contribution in [0.3, 0.4) is 0 Å². The highest BCUT2D eigenvalue weighted by Gasteiger charge is 2.23. The predicted octanol–water partition coefficient (Wildman–Crippen LogP) is 0.357. The number of nitrogens with zero attached hydrogens (tertiary/aromatic N) is 5. The van der Waals surface area contributed by atoms with Crippen LogP contribution in [0.1, 0.15) is 5.82 Å². The zero-order valence-corrected chi connectivity index (χ0v) is 10.8. The van der Waals surface area contributed by atoms with Crippen molar-refractivity contribution in [3.05, 3.63) is 12.0 Å². The molecule has 8 nitrogen and oxygen atoms in total. The van der Waals surface area contributed by atoms with Crippen molar-refractivity contribution in [3.63, 3.8) is 0 Å². The maximum atomic E-state index is 11.4. The quantitative estimate of drug-likeness (QED) is 0.859. The number of aromatic nitrogens is 4. The molecule has 0 bridgehead atoms. The van der Waals surface area contributed by atoms with E-state index in [1.54, 1.807) is 22.8 Å². The van der Waals surface area contributed by atoms with Gasteiger partial charge < -0.3 is 10.1 Å². The van der Waals surface area contributed by atoms with Gasteiger partial charge in [0, 0.05) is 14.1 Å². The number of anilines is 1. The van der Waals surface area contributed by atoms with Crippen LogP contribution in [-0.2, 0) is 18.3 Å². The third-order valence-corrected chi connectivity index (χ3v) is 3.05. The molecule has 8 heteroatoms. The minimum Gasteiger partial charge on any atom is -0.448 e. The van der Waals surface area contributed by atoms with E-state index in [1.807, 2.05) is 7.05 Å². The molecule has 3 heterocycles. The molecule has 1 amide bonds. The maximum Gasteiger partial charge on any atom is 0.410 e. The molecule has 0 aliphatic carbocycles. The summed E-state index contributed by atoms with van der Waals surface area (Å²) in [6, 6.07) is 0. The molecule has 0 unspecified atom stereocenters. The van der Waals surface area contributed by atoms with Crippen molar-refractivity contribution < 1.29 is 9.53 Å². The summed E-state index contributed by atoms with van der Waals surface area (Å²) in [7, 11) is 3.62. The molecule has 0 radical (unpaired) electrons. The average Bonchev–Trinajstić information content (AvgIpc) is 2.97. The zero-order chi connectivity index (χ0) is 13.4. The van der Waals surface area contributed by atoms with Gasteiger partial charge in [-0.2, -0.15) is 5.10 Å². The number of carbonyl (C=O) groups excluding carboxylic acids is 1. The van der Waals surface area contributed by atoms with Crippen LogP contribution in [0.4, 0.5) is 10.6 Å². The van der Waals surface area contributed by atoms with Crippen molar-refractivity contribution >= 4 is 22.9 Å². The fourth-order valence-electron chi connectivity index (χ4n) is 2.07. The number of hydrogen-bond donors (Lipinski definition) is 1. The topological polar surface area (TPSA) is 85.2 Å². The van der Waals surface area contributed by atoms with Gasteiger partial charge in [-0.05, 0) is 0 Å². The number of hydrogen-bond acceptors (Lipinski definition) is 6. The van der Waals surface area contributed by atoms with Gasteiger partial charge in [0.25, 0.3) is 0 Å². The van der Waals surface area contributed by atoms with Gasteiger partial charge in [-0.25, -0.2) is 14.8 Å². The third kappa shape index (κ3) is 1.94. The van der Waals surface area contributed by atoms with Crippen molar-refractivity contribution in [1.82, 2.24) is 24.6 Å². The van der Waals surface area contributed by atoms with Crippen molar-refractivity contribution in [3.8, 4) is 0 Å². The second-order valence-corrected chi connectivity index (χ2v) is 4.28. The van der Waals surface area contributed by atoms with Crippen molar-refractivity contribution in [2.75, 3.05) is 25.5 Å². The smallest absolute Gasteiger partial charge is 0.410 e. The van der Waals surface area contributed by atoms with Gasteiger partial charge in [0.1, 0.15) is 12.4 Å². The fraction of sp³-hybridized carbons (Fsp3) is 0.455. The van der Waals surface area contributed by atoms with Crippen LogP contribution in [0.25, 0.3) is 11.0 Å².